The molecule has 0 aliphatic carbocycles. The molecule has 1 amide bonds. The Hall–Kier alpha value is -5.03. The molecule has 10 nitrogen and oxygen atoms in total. The monoisotopic (exact) mass is 636 g/mol. The fourth-order valence-electron chi connectivity index (χ4n) is 6.75. The summed E-state index contributed by atoms with van der Waals surface area (Å²) in [4.78, 5) is 25.9. The molecule has 4 aromatic heterocycles. The van der Waals surface area contributed by atoms with Crippen molar-refractivity contribution in [2.75, 3.05) is 18.0 Å². The second-order valence-electron chi connectivity index (χ2n) is 12.8. The maximum atomic E-state index is 14.7. The van der Waals surface area contributed by atoms with Crippen molar-refractivity contribution in [3.8, 4) is 33.6 Å². The van der Waals surface area contributed by atoms with Gasteiger partial charge in [-0.1, -0.05) is 17.7 Å². The van der Waals surface area contributed by atoms with E-state index in [9.17, 15) is 9.18 Å². The van der Waals surface area contributed by atoms with Gasteiger partial charge in [0.1, 0.15) is 22.6 Å². The van der Waals surface area contributed by atoms with Gasteiger partial charge in [-0.25, -0.2) is 18.7 Å². The van der Waals surface area contributed by atoms with Crippen LogP contribution in [0.1, 0.15) is 27.2 Å². The van der Waals surface area contributed by atoms with E-state index in [1.54, 1.807) is 35.4 Å². The number of pyridine rings is 1. The van der Waals surface area contributed by atoms with Gasteiger partial charge in [0, 0.05) is 59.9 Å². The van der Waals surface area contributed by atoms with Crippen molar-refractivity contribution in [1.29, 1.82) is 0 Å². The number of ether oxygens (including phenoxy) is 1. The molecule has 2 fully saturated rings. The summed E-state index contributed by atoms with van der Waals surface area (Å²) in [6.07, 6.45) is 7.41. The molecule has 2 aliphatic rings. The molecule has 8 rings (SSSR count). The number of halogens is 2. The Morgan fingerprint density at radius 1 is 1.02 bits per heavy atom. The molecule has 2 aromatic carbocycles. The van der Waals surface area contributed by atoms with Gasteiger partial charge in [0.15, 0.2) is 5.65 Å². The van der Waals surface area contributed by atoms with E-state index in [-0.39, 0.29) is 24.0 Å². The van der Waals surface area contributed by atoms with Gasteiger partial charge in [0.25, 0.3) is 0 Å². The zero-order valence-electron chi connectivity index (χ0n) is 25.4. The van der Waals surface area contributed by atoms with Crippen molar-refractivity contribution in [1.82, 2.24) is 34.7 Å². The van der Waals surface area contributed by atoms with E-state index in [1.807, 2.05) is 56.0 Å². The Labute approximate surface area is 268 Å². The summed E-state index contributed by atoms with van der Waals surface area (Å²) in [7, 11) is 0. The van der Waals surface area contributed by atoms with E-state index in [0.717, 1.165) is 46.6 Å². The summed E-state index contributed by atoms with van der Waals surface area (Å²) in [5, 5.41) is 13.1. The van der Waals surface area contributed by atoms with Gasteiger partial charge >= 0.3 is 6.09 Å². The van der Waals surface area contributed by atoms with Crippen LogP contribution >= 0.6 is 11.6 Å². The number of amides is 1. The summed E-state index contributed by atoms with van der Waals surface area (Å²) < 4.78 is 22.1. The first-order valence-electron chi connectivity index (χ1n) is 15.1. The molecular weight excluding hydrogens is 607 g/mol. The molecule has 6 aromatic rings. The number of fused-ring (bicyclic) bond motifs is 4. The van der Waals surface area contributed by atoms with Gasteiger partial charge in [-0.3, -0.25) is 10.1 Å². The molecule has 232 valence electrons. The van der Waals surface area contributed by atoms with Gasteiger partial charge in [-0.2, -0.15) is 10.2 Å². The molecule has 12 heteroatoms. The van der Waals surface area contributed by atoms with Crippen molar-refractivity contribution < 1.29 is 13.9 Å². The lowest BCUT2D eigenvalue weighted by Crippen LogP contribution is -2.50. The number of hydrogen-bond donors (Lipinski definition) is 1. The number of nitrogens with one attached hydrogen (secondary N) is 1. The number of aromatic amines is 1. The van der Waals surface area contributed by atoms with Crippen LogP contribution in [-0.4, -0.2) is 71.5 Å². The van der Waals surface area contributed by atoms with E-state index in [1.165, 1.54) is 6.07 Å². The van der Waals surface area contributed by atoms with Crippen molar-refractivity contribution in [2.24, 2.45) is 0 Å². The SMILES string of the molecule is CC(C)(C)OC(=O)N1C[C@@H]2C[C@@H]1CN2c1ccc(-c2ccnc3c(-c4ccc(F)c5[nH]ncc45)c(-c4ccncc4)nn23)c(Cl)c1. The van der Waals surface area contributed by atoms with Gasteiger partial charge in [0.05, 0.1) is 28.5 Å². The van der Waals surface area contributed by atoms with Crippen molar-refractivity contribution in [2.45, 2.75) is 44.9 Å². The first-order chi connectivity index (χ1) is 22.2. The van der Waals surface area contributed by atoms with Crippen LogP contribution in [0.25, 0.3) is 50.2 Å². The van der Waals surface area contributed by atoms with E-state index in [0.29, 0.717) is 33.8 Å². The molecular formula is C34H30ClFN8O2. The highest BCUT2D eigenvalue weighted by Crippen LogP contribution is 2.42. The third kappa shape index (κ3) is 4.65. The van der Waals surface area contributed by atoms with Crippen LogP contribution in [0.5, 0.6) is 0 Å². The first kappa shape index (κ1) is 28.4. The third-order valence-electron chi connectivity index (χ3n) is 8.74. The van der Waals surface area contributed by atoms with Gasteiger partial charge in [0.2, 0.25) is 0 Å². The summed E-state index contributed by atoms with van der Waals surface area (Å²) >= 11 is 7.02. The zero-order chi connectivity index (χ0) is 31.7. The minimum Gasteiger partial charge on any atom is -0.444 e. The number of carbonyl (C=O) groups excluding carboxylic acids is 1. The molecule has 0 saturated carbocycles. The zero-order valence-corrected chi connectivity index (χ0v) is 26.2. The smallest absolute Gasteiger partial charge is 0.410 e. The number of likely N-dealkylation sites (tertiary alicyclic amines) is 1. The summed E-state index contributed by atoms with van der Waals surface area (Å²) in [6.45, 7) is 6.99. The topological polar surface area (TPSA) is 105 Å². The van der Waals surface area contributed by atoms with Crippen LogP contribution in [0.2, 0.25) is 5.02 Å². The lowest BCUT2D eigenvalue weighted by molar-refractivity contribution is 0.0214. The summed E-state index contributed by atoms with van der Waals surface area (Å²) in [5.41, 5.74) is 5.95. The van der Waals surface area contributed by atoms with Crippen LogP contribution in [0.15, 0.2) is 73.3 Å². The van der Waals surface area contributed by atoms with Gasteiger partial charge in [-0.05, 0) is 75.2 Å². The molecule has 0 unspecified atom stereocenters. The van der Waals surface area contributed by atoms with Crippen LogP contribution in [0.3, 0.4) is 0 Å². The summed E-state index contributed by atoms with van der Waals surface area (Å²) in [6, 6.07) is 15.2. The minimum atomic E-state index is -0.529. The molecule has 0 radical (unpaired) electrons. The molecule has 0 spiro atoms. The fourth-order valence-corrected chi connectivity index (χ4v) is 7.02. The van der Waals surface area contributed by atoms with Gasteiger partial charge < -0.3 is 14.5 Å². The number of aromatic nitrogens is 6. The lowest BCUT2D eigenvalue weighted by Gasteiger charge is -2.36. The number of carbonyl (C=O) groups is 1. The molecule has 2 atom stereocenters. The fraction of sp³-hybridized carbons (Fsp3) is 0.265. The number of nitrogens with zero attached hydrogens (tertiary/aromatic N) is 7. The number of hydrogen-bond acceptors (Lipinski definition) is 7. The Morgan fingerprint density at radius 3 is 2.57 bits per heavy atom. The molecule has 2 aliphatic heterocycles. The Morgan fingerprint density at radius 2 is 1.83 bits per heavy atom. The maximum absolute atomic E-state index is 14.7. The van der Waals surface area contributed by atoms with E-state index in [2.05, 4.69) is 26.1 Å². The average Bonchev–Trinajstić information content (AvgIpc) is 3.84. The minimum absolute atomic E-state index is 0.0976. The third-order valence-corrected chi connectivity index (χ3v) is 9.05. The first-order valence-corrected chi connectivity index (χ1v) is 15.5. The highest BCUT2D eigenvalue weighted by molar-refractivity contribution is 6.33. The number of H-pyrrole nitrogens is 1. The van der Waals surface area contributed by atoms with Crippen LogP contribution in [0, 0.1) is 5.82 Å². The predicted octanol–water partition coefficient (Wildman–Crippen LogP) is 6.99. The average molecular weight is 637 g/mol. The Balaban J connectivity index is 1.18. The number of rotatable bonds is 4. The normalized spacial score (nSPS) is 17.8. The number of piperazine rings is 1. The molecule has 1 N–H and O–H groups in total. The van der Waals surface area contributed by atoms with Crippen LogP contribution in [-0.2, 0) is 4.74 Å². The molecule has 2 bridgehead atoms. The van der Waals surface area contributed by atoms with Gasteiger partial charge in [-0.15, -0.1) is 0 Å². The molecule has 46 heavy (non-hydrogen) atoms. The van der Waals surface area contributed by atoms with Crippen LogP contribution < -0.4 is 4.90 Å². The highest BCUT2D eigenvalue weighted by Gasteiger charge is 2.46. The van der Waals surface area contributed by atoms with E-state index in [4.69, 9.17) is 26.4 Å². The van der Waals surface area contributed by atoms with Crippen molar-refractivity contribution in [3.05, 3.63) is 84.2 Å². The molecule has 6 heterocycles. The maximum Gasteiger partial charge on any atom is 0.410 e. The van der Waals surface area contributed by atoms with E-state index >= 15 is 0 Å². The standard InChI is InChI=1S/C34H30ClFN8O2/c1-34(2,3)46-33(45)43-18-21-14-22(43)17-42(21)20-4-5-24(26(35)15-20)28-10-13-38-32-29(23-6-7-27(36)31-25(23)16-39-40-31)30(41-44(28)32)19-8-11-37-12-9-19/h4-13,15-16,21-22H,14,17-18H2,1-3H3,(H,39,40)/t21-,22+/m0/s1. The second kappa shape index (κ2) is 10.5. The van der Waals surface area contributed by atoms with Crippen LogP contribution in [0.4, 0.5) is 14.9 Å². The number of benzene rings is 2. The summed E-state index contributed by atoms with van der Waals surface area (Å²) in [5.74, 6) is -0.387. The predicted molar refractivity (Wildman–Crippen MR) is 174 cm³/mol. The van der Waals surface area contributed by atoms with Crippen molar-refractivity contribution in [3.63, 3.8) is 0 Å². The largest absolute Gasteiger partial charge is 0.444 e. The Bertz CT molecular complexity index is 2140. The van der Waals surface area contributed by atoms with Crippen molar-refractivity contribution >= 4 is 39.9 Å². The second-order valence-corrected chi connectivity index (χ2v) is 13.2. The highest BCUT2D eigenvalue weighted by atomic mass is 35.5. The van der Waals surface area contributed by atoms with E-state index < -0.39 is 5.60 Å². The Kier molecular flexibility index (Phi) is 6.50. The lowest BCUT2D eigenvalue weighted by atomic mass is 9.98. The quantitative estimate of drug-likeness (QED) is 0.222. The molecule has 2 saturated heterocycles. The number of anilines is 1.